The lowest BCUT2D eigenvalue weighted by Gasteiger charge is -2.36. The molecule has 10 nitrogen and oxygen atoms in total. The van der Waals surface area contributed by atoms with E-state index in [1.165, 1.54) is 16.8 Å². The second-order valence-electron chi connectivity index (χ2n) is 11.5. The van der Waals surface area contributed by atoms with Gasteiger partial charge in [0.25, 0.3) is 0 Å². The number of halogens is 2. The van der Waals surface area contributed by atoms with Gasteiger partial charge in [-0.05, 0) is 48.6 Å². The Labute approximate surface area is 267 Å². The Kier molecular flexibility index (Phi) is 7.65. The number of para-hydroxylation sites is 1. The topological polar surface area (TPSA) is 97.8 Å². The number of rotatable bonds is 8. The standard InChI is InChI=1S/C33H30F2N6O4S/c1-45-22-9-5-6-20(14-22)31-36-40(33(46)41(31)21-7-3-2-4-8-21)19-37-10-12-38(13-11-37)28-17-27-23(15-25(28)34)30(42)24(32(43)44)18-39(27)29-16-26(29)35/h2-9,14-15,17-18,26,29H,10-13,16,19H2,1H3,(H,43,44)/t26-,29+/m0/s1. The van der Waals surface area contributed by atoms with E-state index in [1.807, 2.05) is 64.1 Å². The first-order chi connectivity index (χ1) is 22.2. The molecule has 1 aliphatic carbocycles. The van der Waals surface area contributed by atoms with Crippen LogP contribution in [-0.4, -0.2) is 74.4 Å². The number of alkyl halides is 1. The summed E-state index contributed by atoms with van der Waals surface area (Å²) in [6.07, 6.45) is 0.241. The molecule has 5 aromatic rings. The fourth-order valence-corrected chi connectivity index (χ4v) is 6.34. The Morgan fingerprint density at radius 3 is 2.48 bits per heavy atom. The number of aromatic carboxylic acids is 1. The summed E-state index contributed by atoms with van der Waals surface area (Å²) < 4.78 is 40.7. The summed E-state index contributed by atoms with van der Waals surface area (Å²) in [5.74, 6) is -0.682. The van der Waals surface area contributed by atoms with Crippen molar-refractivity contribution in [3.05, 3.63) is 99.3 Å². The van der Waals surface area contributed by atoms with Gasteiger partial charge in [0.2, 0.25) is 10.2 Å². The van der Waals surface area contributed by atoms with Crippen molar-refractivity contribution in [2.45, 2.75) is 25.3 Å². The summed E-state index contributed by atoms with van der Waals surface area (Å²) in [6, 6.07) is 19.5. The second kappa shape index (κ2) is 11.8. The van der Waals surface area contributed by atoms with Gasteiger partial charge >= 0.3 is 5.97 Å². The molecule has 2 aromatic heterocycles. The van der Waals surface area contributed by atoms with Gasteiger partial charge in [-0.15, -0.1) is 5.10 Å². The van der Waals surface area contributed by atoms with Crippen LogP contribution in [0.2, 0.25) is 0 Å². The fourth-order valence-electron chi connectivity index (χ4n) is 6.05. The van der Waals surface area contributed by atoms with Crippen molar-refractivity contribution in [3.63, 3.8) is 0 Å². The number of benzene rings is 3. The van der Waals surface area contributed by atoms with E-state index in [0.29, 0.717) is 54.7 Å². The van der Waals surface area contributed by atoms with Crippen LogP contribution in [0.4, 0.5) is 14.5 Å². The Balaban J connectivity index is 1.16. The lowest BCUT2D eigenvalue weighted by Crippen LogP contribution is -2.47. The van der Waals surface area contributed by atoms with Gasteiger partial charge < -0.3 is 19.3 Å². The summed E-state index contributed by atoms with van der Waals surface area (Å²) in [5.41, 5.74) is 1.04. The molecule has 236 valence electrons. The van der Waals surface area contributed by atoms with E-state index in [1.54, 1.807) is 11.8 Å². The maximum absolute atomic E-state index is 15.5. The van der Waals surface area contributed by atoms with Crippen LogP contribution in [0.15, 0.2) is 77.7 Å². The molecule has 0 amide bonds. The van der Waals surface area contributed by atoms with Crippen LogP contribution < -0.4 is 15.1 Å². The summed E-state index contributed by atoms with van der Waals surface area (Å²) in [7, 11) is 1.62. The summed E-state index contributed by atoms with van der Waals surface area (Å²) in [4.78, 5) is 28.6. The molecule has 1 N–H and O–H groups in total. The van der Waals surface area contributed by atoms with Gasteiger partial charge in [-0.3, -0.25) is 14.3 Å². The molecule has 1 saturated carbocycles. The molecule has 2 atom stereocenters. The third-order valence-corrected chi connectivity index (χ3v) is 8.99. The lowest BCUT2D eigenvalue weighted by molar-refractivity contribution is 0.0694. The number of pyridine rings is 1. The number of piperazine rings is 1. The smallest absolute Gasteiger partial charge is 0.341 e. The van der Waals surface area contributed by atoms with Gasteiger partial charge in [0.05, 0.1) is 31.0 Å². The molecular weight excluding hydrogens is 614 g/mol. The zero-order chi connectivity index (χ0) is 32.1. The van der Waals surface area contributed by atoms with E-state index in [2.05, 4.69) is 4.90 Å². The third-order valence-electron chi connectivity index (χ3n) is 8.60. The van der Waals surface area contributed by atoms with Gasteiger partial charge in [0.15, 0.2) is 5.82 Å². The zero-order valence-corrected chi connectivity index (χ0v) is 25.7. The van der Waals surface area contributed by atoms with Crippen molar-refractivity contribution in [2.75, 3.05) is 38.2 Å². The highest BCUT2D eigenvalue weighted by Crippen LogP contribution is 2.41. The predicted molar refractivity (Wildman–Crippen MR) is 172 cm³/mol. The minimum Gasteiger partial charge on any atom is -0.497 e. The average molecular weight is 645 g/mol. The van der Waals surface area contributed by atoms with Crippen LogP contribution in [-0.2, 0) is 6.67 Å². The Hall–Kier alpha value is -4.88. The van der Waals surface area contributed by atoms with Crippen molar-refractivity contribution in [1.82, 2.24) is 23.8 Å². The third kappa shape index (κ3) is 5.35. The van der Waals surface area contributed by atoms with Crippen molar-refractivity contribution in [2.24, 2.45) is 0 Å². The lowest BCUT2D eigenvalue weighted by atomic mass is 10.1. The first-order valence-corrected chi connectivity index (χ1v) is 15.3. The van der Waals surface area contributed by atoms with Crippen LogP contribution >= 0.6 is 12.2 Å². The minimum atomic E-state index is -1.43. The summed E-state index contributed by atoms with van der Waals surface area (Å²) in [5, 5.41) is 14.4. The van der Waals surface area contributed by atoms with E-state index in [9.17, 15) is 19.1 Å². The number of carbonyl (C=O) groups is 1. The molecule has 0 spiro atoms. The number of anilines is 1. The minimum absolute atomic E-state index is 0.0749. The monoisotopic (exact) mass is 644 g/mol. The average Bonchev–Trinajstić information content (AvgIpc) is 3.71. The molecule has 0 radical (unpaired) electrons. The number of aromatic nitrogens is 4. The predicted octanol–water partition coefficient (Wildman–Crippen LogP) is 5.29. The van der Waals surface area contributed by atoms with Crippen LogP contribution in [0.5, 0.6) is 5.75 Å². The number of carboxylic acids is 1. The van der Waals surface area contributed by atoms with E-state index in [4.69, 9.17) is 22.1 Å². The van der Waals surface area contributed by atoms with Crippen molar-refractivity contribution >= 4 is 34.8 Å². The van der Waals surface area contributed by atoms with Crippen LogP contribution in [0.1, 0.15) is 22.8 Å². The number of nitrogens with zero attached hydrogens (tertiary/aromatic N) is 6. The van der Waals surface area contributed by atoms with Gasteiger partial charge in [0, 0.05) is 55.4 Å². The Bertz CT molecular complexity index is 2090. The Morgan fingerprint density at radius 1 is 1.07 bits per heavy atom. The van der Waals surface area contributed by atoms with Crippen LogP contribution in [0.3, 0.4) is 0 Å². The molecule has 3 heterocycles. The zero-order valence-electron chi connectivity index (χ0n) is 24.8. The number of carboxylic acid groups (broad SMARTS) is 1. The number of hydrogen-bond donors (Lipinski definition) is 1. The van der Waals surface area contributed by atoms with E-state index < -0.39 is 35.0 Å². The first kappa shape index (κ1) is 29.8. The molecule has 3 aromatic carbocycles. The number of hydrogen-bond acceptors (Lipinski definition) is 7. The van der Waals surface area contributed by atoms with Crippen molar-refractivity contribution < 1.29 is 23.4 Å². The molecule has 7 rings (SSSR count). The summed E-state index contributed by atoms with van der Waals surface area (Å²) in [6.45, 7) is 2.52. The molecule has 0 unspecified atom stereocenters. The number of fused-ring (bicyclic) bond motifs is 1. The summed E-state index contributed by atoms with van der Waals surface area (Å²) >= 11 is 5.92. The normalized spacial score (nSPS) is 18.2. The van der Waals surface area contributed by atoms with Crippen LogP contribution in [0, 0.1) is 10.6 Å². The number of methoxy groups -OCH3 is 1. The largest absolute Gasteiger partial charge is 0.497 e. The van der Waals surface area contributed by atoms with E-state index in [-0.39, 0.29) is 17.5 Å². The maximum atomic E-state index is 15.5. The highest BCUT2D eigenvalue weighted by Gasteiger charge is 2.40. The molecule has 2 aliphatic rings. The second-order valence-corrected chi connectivity index (χ2v) is 11.8. The van der Waals surface area contributed by atoms with Gasteiger partial charge in [-0.1, -0.05) is 30.3 Å². The molecule has 1 saturated heterocycles. The first-order valence-electron chi connectivity index (χ1n) is 14.9. The van der Waals surface area contributed by atoms with Crippen molar-refractivity contribution in [1.29, 1.82) is 0 Å². The molecule has 13 heteroatoms. The fraction of sp³-hybridized carbons (Fsp3) is 0.273. The molecule has 46 heavy (non-hydrogen) atoms. The van der Waals surface area contributed by atoms with Gasteiger partial charge in [-0.25, -0.2) is 18.3 Å². The molecule has 2 fully saturated rings. The van der Waals surface area contributed by atoms with E-state index >= 15 is 4.39 Å². The SMILES string of the molecule is COc1cccc(-c2nn(CN3CCN(c4cc5c(cc4F)c(=O)c(C(=O)O)cn5[C@@H]4C[C@@H]4F)CC3)c(=S)n2-c2ccccc2)c1. The highest BCUT2D eigenvalue weighted by molar-refractivity contribution is 7.71. The van der Waals surface area contributed by atoms with Gasteiger partial charge in [-0.2, -0.15) is 0 Å². The van der Waals surface area contributed by atoms with E-state index in [0.717, 1.165) is 17.3 Å². The molecule has 0 bridgehead atoms. The molecular formula is C33H30F2N6O4S. The van der Waals surface area contributed by atoms with Crippen LogP contribution in [0.25, 0.3) is 28.0 Å². The molecule has 1 aliphatic heterocycles. The highest BCUT2D eigenvalue weighted by atomic mass is 32.1. The maximum Gasteiger partial charge on any atom is 0.341 e. The Morgan fingerprint density at radius 2 is 1.80 bits per heavy atom. The van der Waals surface area contributed by atoms with Gasteiger partial charge in [0.1, 0.15) is 23.3 Å². The van der Waals surface area contributed by atoms with Crippen molar-refractivity contribution in [3.8, 4) is 22.8 Å². The number of ether oxygens (including phenoxy) is 1. The quantitative estimate of drug-likeness (QED) is 0.228.